The van der Waals surface area contributed by atoms with Gasteiger partial charge in [-0.05, 0) is 25.0 Å². The molecule has 1 fully saturated rings. The minimum Gasteiger partial charge on any atom is -0.497 e. The third-order valence-corrected chi connectivity index (χ3v) is 5.67. The second kappa shape index (κ2) is 6.26. The molecular formula is C14H17N3O5S. The third kappa shape index (κ3) is 2.94. The Balaban J connectivity index is 1.94. The molecule has 2 aromatic rings. The molecule has 1 aromatic carbocycles. The number of hydrogen-bond acceptors (Lipinski definition) is 7. The van der Waals surface area contributed by atoms with E-state index in [2.05, 4.69) is 10.1 Å². The van der Waals surface area contributed by atoms with E-state index < -0.39 is 16.1 Å². The molecule has 0 saturated carbocycles. The first kappa shape index (κ1) is 15.9. The molecule has 0 aliphatic carbocycles. The summed E-state index contributed by atoms with van der Waals surface area (Å²) in [5, 5.41) is 12.8. The molecule has 1 N–H and O–H groups in total. The highest BCUT2D eigenvalue weighted by atomic mass is 32.2. The summed E-state index contributed by atoms with van der Waals surface area (Å²) < 4.78 is 37.1. The van der Waals surface area contributed by atoms with Crippen molar-refractivity contribution < 1.29 is 22.8 Å². The molecule has 2 heterocycles. The van der Waals surface area contributed by atoms with Gasteiger partial charge in [0.15, 0.2) is 5.82 Å². The Bertz CT molecular complexity index is 789. The first-order chi connectivity index (χ1) is 11.1. The van der Waals surface area contributed by atoms with Crippen molar-refractivity contribution in [3.63, 3.8) is 0 Å². The van der Waals surface area contributed by atoms with Crippen LogP contribution in [0, 0.1) is 0 Å². The Kier molecular flexibility index (Phi) is 4.33. The molecule has 9 heteroatoms. The summed E-state index contributed by atoms with van der Waals surface area (Å²) in [6, 6.07) is 5.85. The predicted molar refractivity (Wildman–Crippen MR) is 79.1 cm³/mol. The van der Waals surface area contributed by atoms with Gasteiger partial charge >= 0.3 is 0 Å². The summed E-state index contributed by atoms with van der Waals surface area (Å²) in [5.41, 5.74) is 0. The van der Waals surface area contributed by atoms with E-state index in [0.29, 0.717) is 25.1 Å². The minimum atomic E-state index is -3.70. The zero-order valence-electron chi connectivity index (χ0n) is 12.5. The molecule has 1 aliphatic rings. The molecule has 0 radical (unpaired) electrons. The van der Waals surface area contributed by atoms with Crippen LogP contribution in [-0.4, -0.2) is 41.6 Å². The number of aromatic nitrogens is 2. The topological polar surface area (TPSA) is 106 Å². The first-order valence-electron chi connectivity index (χ1n) is 7.15. The van der Waals surface area contributed by atoms with Gasteiger partial charge in [-0.3, -0.25) is 0 Å². The van der Waals surface area contributed by atoms with Gasteiger partial charge in [0.2, 0.25) is 10.0 Å². The maximum Gasteiger partial charge on any atom is 0.252 e. The van der Waals surface area contributed by atoms with Gasteiger partial charge in [0.25, 0.3) is 5.89 Å². The van der Waals surface area contributed by atoms with Gasteiger partial charge in [0.1, 0.15) is 12.4 Å². The Morgan fingerprint density at radius 3 is 3.00 bits per heavy atom. The van der Waals surface area contributed by atoms with E-state index in [4.69, 9.17) is 14.4 Å². The zero-order chi connectivity index (χ0) is 16.4. The van der Waals surface area contributed by atoms with Crippen molar-refractivity contribution in [3.05, 3.63) is 36.0 Å². The molecule has 1 atom stereocenters. The van der Waals surface area contributed by atoms with Crippen molar-refractivity contribution in [1.29, 1.82) is 0 Å². The lowest BCUT2D eigenvalue weighted by molar-refractivity contribution is 0.222. The standard InChI is InChI=1S/C14H17N3O5S/c1-21-10-4-2-5-11(8-10)23(19,20)17-7-3-6-12(17)14-15-13(9-18)22-16-14/h2,4-5,8,12,18H,3,6-7,9H2,1H3. The predicted octanol–water partition coefficient (Wildman–Crippen LogP) is 1.10. The van der Waals surface area contributed by atoms with Crippen molar-refractivity contribution in [1.82, 2.24) is 14.4 Å². The van der Waals surface area contributed by atoms with Crippen molar-refractivity contribution in [2.24, 2.45) is 0 Å². The fourth-order valence-electron chi connectivity index (χ4n) is 2.65. The average Bonchev–Trinajstić information content (AvgIpc) is 3.23. The van der Waals surface area contributed by atoms with Crippen LogP contribution < -0.4 is 4.74 Å². The van der Waals surface area contributed by atoms with Gasteiger partial charge in [-0.15, -0.1) is 0 Å². The third-order valence-electron chi connectivity index (χ3n) is 3.77. The fourth-order valence-corrected chi connectivity index (χ4v) is 4.34. The lowest BCUT2D eigenvalue weighted by atomic mass is 10.2. The molecule has 0 bridgehead atoms. The van der Waals surface area contributed by atoms with Crippen LogP contribution in [0.3, 0.4) is 0 Å². The lowest BCUT2D eigenvalue weighted by Gasteiger charge is -2.21. The van der Waals surface area contributed by atoms with Gasteiger partial charge < -0.3 is 14.4 Å². The molecule has 3 rings (SSSR count). The van der Waals surface area contributed by atoms with Gasteiger partial charge in [-0.1, -0.05) is 11.2 Å². The quantitative estimate of drug-likeness (QED) is 0.869. The molecule has 1 saturated heterocycles. The highest BCUT2D eigenvalue weighted by Gasteiger charge is 2.38. The van der Waals surface area contributed by atoms with E-state index in [-0.39, 0.29) is 23.2 Å². The van der Waals surface area contributed by atoms with Crippen molar-refractivity contribution in [2.45, 2.75) is 30.4 Å². The monoisotopic (exact) mass is 339 g/mol. The van der Waals surface area contributed by atoms with E-state index in [9.17, 15) is 8.42 Å². The van der Waals surface area contributed by atoms with Crippen LogP contribution in [0.4, 0.5) is 0 Å². The van der Waals surface area contributed by atoms with E-state index in [0.717, 1.165) is 0 Å². The number of rotatable bonds is 5. The number of sulfonamides is 1. The number of nitrogens with zero attached hydrogens (tertiary/aromatic N) is 3. The smallest absolute Gasteiger partial charge is 0.252 e. The summed E-state index contributed by atoms with van der Waals surface area (Å²) in [6.07, 6.45) is 1.31. The SMILES string of the molecule is COc1cccc(S(=O)(=O)N2CCCC2c2noc(CO)n2)c1. The number of benzene rings is 1. The second-order valence-corrected chi connectivity index (χ2v) is 7.05. The number of methoxy groups -OCH3 is 1. The first-order valence-corrected chi connectivity index (χ1v) is 8.59. The number of aliphatic hydroxyl groups is 1. The van der Waals surface area contributed by atoms with E-state index in [1.165, 1.54) is 23.5 Å². The minimum absolute atomic E-state index is 0.0747. The maximum absolute atomic E-state index is 12.9. The molecule has 124 valence electrons. The Morgan fingerprint density at radius 2 is 2.30 bits per heavy atom. The number of aliphatic hydroxyl groups excluding tert-OH is 1. The molecule has 0 spiro atoms. The van der Waals surface area contributed by atoms with E-state index >= 15 is 0 Å². The summed E-state index contributed by atoms with van der Waals surface area (Å²) in [5.74, 6) is 0.826. The molecular weight excluding hydrogens is 322 g/mol. The average molecular weight is 339 g/mol. The van der Waals surface area contributed by atoms with Crippen LogP contribution in [-0.2, 0) is 16.6 Å². The molecule has 8 nitrogen and oxygen atoms in total. The van der Waals surface area contributed by atoms with Crippen molar-refractivity contribution in [2.75, 3.05) is 13.7 Å². The fraction of sp³-hybridized carbons (Fsp3) is 0.429. The Hall–Kier alpha value is -1.97. The van der Waals surface area contributed by atoms with Crippen LogP contribution in [0.1, 0.15) is 30.6 Å². The van der Waals surface area contributed by atoms with Crippen LogP contribution in [0.15, 0.2) is 33.7 Å². The normalized spacial score (nSPS) is 19.1. The van der Waals surface area contributed by atoms with Gasteiger partial charge in [0.05, 0.1) is 18.0 Å². The van der Waals surface area contributed by atoms with Crippen molar-refractivity contribution >= 4 is 10.0 Å². The largest absolute Gasteiger partial charge is 0.497 e. The van der Waals surface area contributed by atoms with Gasteiger partial charge in [-0.25, -0.2) is 8.42 Å². The summed E-state index contributed by atoms with van der Waals surface area (Å²) in [6.45, 7) is 0.00949. The summed E-state index contributed by atoms with van der Waals surface area (Å²) in [4.78, 5) is 4.20. The van der Waals surface area contributed by atoms with Crippen LogP contribution in [0.2, 0.25) is 0 Å². The molecule has 23 heavy (non-hydrogen) atoms. The zero-order valence-corrected chi connectivity index (χ0v) is 13.4. The summed E-state index contributed by atoms with van der Waals surface area (Å²) >= 11 is 0. The molecule has 1 aliphatic heterocycles. The number of ether oxygens (including phenoxy) is 1. The second-order valence-electron chi connectivity index (χ2n) is 5.16. The Labute approximate surface area is 133 Å². The van der Waals surface area contributed by atoms with Crippen molar-refractivity contribution in [3.8, 4) is 5.75 Å². The number of hydrogen-bond donors (Lipinski definition) is 1. The Morgan fingerprint density at radius 1 is 1.48 bits per heavy atom. The molecule has 0 amide bonds. The lowest BCUT2D eigenvalue weighted by Crippen LogP contribution is -2.31. The van der Waals surface area contributed by atoms with Gasteiger partial charge in [0, 0.05) is 12.6 Å². The highest BCUT2D eigenvalue weighted by Crippen LogP contribution is 2.35. The van der Waals surface area contributed by atoms with Crippen LogP contribution >= 0.6 is 0 Å². The van der Waals surface area contributed by atoms with E-state index in [1.807, 2.05) is 0 Å². The maximum atomic E-state index is 12.9. The van der Waals surface area contributed by atoms with Crippen LogP contribution in [0.5, 0.6) is 5.75 Å². The van der Waals surface area contributed by atoms with Gasteiger partial charge in [-0.2, -0.15) is 9.29 Å². The molecule has 1 unspecified atom stereocenters. The van der Waals surface area contributed by atoms with Crippen LogP contribution in [0.25, 0.3) is 0 Å². The highest BCUT2D eigenvalue weighted by molar-refractivity contribution is 7.89. The summed E-state index contributed by atoms with van der Waals surface area (Å²) in [7, 11) is -2.21. The molecule has 1 aromatic heterocycles. The van der Waals surface area contributed by atoms with E-state index in [1.54, 1.807) is 12.1 Å².